The van der Waals surface area contributed by atoms with Crippen LogP contribution in [0.1, 0.15) is 49.4 Å². The van der Waals surface area contributed by atoms with Gasteiger partial charge in [0.15, 0.2) is 5.78 Å². The van der Waals surface area contributed by atoms with Crippen LogP contribution >= 0.6 is 0 Å². The van der Waals surface area contributed by atoms with E-state index in [4.69, 9.17) is 9.47 Å². The van der Waals surface area contributed by atoms with Crippen LogP contribution in [0.5, 0.6) is 5.75 Å². The molecule has 0 N–H and O–H groups in total. The van der Waals surface area contributed by atoms with E-state index in [1.165, 1.54) is 25.7 Å². The monoisotopic (exact) mass is 264 g/mol. The Morgan fingerprint density at radius 2 is 1.95 bits per heavy atom. The Hall–Kier alpha value is -1.35. The van der Waals surface area contributed by atoms with Gasteiger partial charge in [0.1, 0.15) is 12.4 Å². The maximum atomic E-state index is 11.9. The number of hydrogen-bond acceptors (Lipinski definition) is 3. The van der Waals surface area contributed by atoms with E-state index in [9.17, 15) is 4.79 Å². The van der Waals surface area contributed by atoms with Crippen molar-refractivity contribution >= 4 is 5.78 Å². The number of methoxy groups -OCH3 is 1. The second kappa shape index (κ2) is 9.56. The number of rotatable bonds is 10. The third-order valence-corrected chi connectivity index (χ3v) is 3.02. The number of hydrogen-bond donors (Lipinski definition) is 0. The molecule has 0 saturated heterocycles. The number of carbonyl (C=O) groups excluding carboxylic acids is 1. The van der Waals surface area contributed by atoms with Crippen molar-refractivity contribution in [3.8, 4) is 5.75 Å². The maximum absolute atomic E-state index is 11.9. The summed E-state index contributed by atoms with van der Waals surface area (Å²) in [6.07, 6.45) is 5.99. The number of ketones is 1. The van der Waals surface area contributed by atoms with Crippen molar-refractivity contribution in [3.05, 3.63) is 29.8 Å². The first-order valence-electron chi connectivity index (χ1n) is 7.03. The van der Waals surface area contributed by atoms with Crippen LogP contribution in [0.15, 0.2) is 24.3 Å². The van der Waals surface area contributed by atoms with Gasteiger partial charge in [-0.15, -0.1) is 0 Å². The summed E-state index contributed by atoms with van der Waals surface area (Å²) in [5.74, 6) is 0.706. The van der Waals surface area contributed by atoms with Gasteiger partial charge in [-0.05, 0) is 18.6 Å². The molecule has 1 aromatic carbocycles. The third-order valence-electron chi connectivity index (χ3n) is 3.02. The molecule has 0 saturated carbocycles. The summed E-state index contributed by atoms with van der Waals surface area (Å²) in [4.78, 5) is 11.9. The van der Waals surface area contributed by atoms with Crippen LogP contribution in [-0.2, 0) is 4.74 Å². The van der Waals surface area contributed by atoms with Crippen LogP contribution < -0.4 is 4.74 Å². The minimum absolute atomic E-state index is 0.00691. The maximum Gasteiger partial charge on any atom is 0.188 e. The molecule has 0 spiro atoms. The van der Waals surface area contributed by atoms with Crippen molar-refractivity contribution in [2.75, 3.05) is 20.3 Å². The quantitative estimate of drug-likeness (QED) is 0.475. The van der Waals surface area contributed by atoms with Gasteiger partial charge in [-0.25, -0.2) is 0 Å². The highest BCUT2D eigenvalue weighted by Gasteiger charge is 2.06. The number of Topliss-reactive ketones (excluding diaryl/α,β-unsaturated/α-hetero) is 1. The molecule has 0 unspecified atom stereocenters. The molecule has 0 aromatic heterocycles. The fraction of sp³-hybridized carbons (Fsp3) is 0.562. The lowest BCUT2D eigenvalue weighted by atomic mass is 10.1. The first-order chi connectivity index (χ1) is 9.27. The van der Waals surface area contributed by atoms with Gasteiger partial charge in [-0.1, -0.05) is 44.7 Å². The van der Waals surface area contributed by atoms with Crippen molar-refractivity contribution in [3.63, 3.8) is 0 Å². The molecule has 106 valence electrons. The van der Waals surface area contributed by atoms with Crippen LogP contribution in [-0.4, -0.2) is 26.1 Å². The molecule has 0 heterocycles. The lowest BCUT2D eigenvalue weighted by Gasteiger charge is -2.05. The average molecular weight is 264 g/mol. The zero-order valence-electron chi connectivity index (χ0n) is 12.0. The molecule has 3 heteroatoms. The predicted molar refractivity (Wildman–Crippen MR) is 76.9 cm³/mol. The summed E-state index contributed by atoms with van der Waals surface area (Å²) < 4.78 is 10.5. The minimum atomic E-state index is 0.00691. The van der Waals surface area contributed by atoms with Crippen LogP contribution in [0, 0.1) is 0 Å². The summed E-state index contributed by atoms with van der Waals surface area (Å²) in [6.45, 7) is 3.02. The SMILES string of the molecule is CCCCCCCOCC(=O)c1cccc(OC)c1. The molecule has 0 amide bonds. The summed E-state index contributed by atoms with van der Waals surface area (Å²) in [7, 11) is 1.59. The predicted octanol–water partition coefficient (Wildman–Crippen LogP) is 3.86. The molecule has 3 nitrogen and oxygen atoms in total. The summed E-state index contributed by atoms with van der Waals surface area (Å²) >= 11 is 0. The number of unbranched alkanes of at least 4 members (excludes halogenated alkanes) is 4. The Bertz CT molecular complexity index is 374. The highest BCUT2D eigenvalue weighted by molar-refractivity contribution is 5.97. The molecule has 0 bridgehead atoms. The van der Waals surface area contributed by atoms with Crippen molar-refractivity contribution < 1.29 is 14.3 Å². The Morgan fingerprint density at radius 1 is 1.16 bits per heavy atom. The molecule has 19 heavy (non-hydrogen) atoms. The smallest absolute Gasteiger partial charge is 0.188 e. The fourth-order valence-corrected chi connectivity index (χ4v) is 1.85. The number of ether oxygens (including phenoxy) is 2. The molecule has 0 fully saturated rings. The lowest BCUT2D eigenvalue weighted by Crippen LogP contribution is -2.10. The van der Waals surface area contributed by atoms with Crippen molar-refractivity contribution in [2.45, 2.75) is 39.0 Å². The van der Waals surface area contributed by atoms with Gasteiger partial charge in [-0.2, -0.15) is 0 Å². The standard InChI is InChI=1S/C16H24O3/c1-3-4-5-6-7-11-19-13-16(17)14-9-8-10-15(12-14)18-2/h8-10,12H,3-7,11,13H2,1-2H3. The highest BCUT2D eigenvalue weighted by atomic mass is 16.5. The van der Waals surface area contributed by atoms with Crippen LogP contribution in [0.25, 0.3) is 0 Å². The molecule has 0 radical (unpaired) electrons. The van der Waals surface area contributed by atoms with E-state index in [-0.39, 0.29) is 12.4 Å². The minimum Gasteiger partial charge on any atom is -0.497 e. The topological polar surface area (TPSA) is 35.5 Å². The normalized spacial score (nSPS) is 10.4. The fourth-order valence-electron chi connectivity index (χ4n) is 1.85. The van der Waals surface area contributed by atoms with Gasteiger partial charge in [0.25, 0.3) is 0 Å². The van der Waals surface area contributed by atoms with Crippen molar-refractivity contribution in [1.82, 2.24) is 0 Å². The van der Waals surface area contributed by atoms with Crippen LogP contribution in [0.2, 0.25) is 0 Å². The Balaban J connectivity index is 2.20. The second-order valence-corrected chi connectivity index (χ2v) is 4.62. The molecule has 1 rings (SSSR count). The van der Waals surface area contributed by atoms with Crippen molar-refractivity contribution in [2.24, 2.45) is 0 Å². The molecule has 0 aliphatic carbocycles. The van der Waals surface area contributed by atoms with E-state index in [0.717, 1.165) is 6.42 Å². The molecular weight excluding hydrogens is 240 g/mol. The Labute approximate surface area is 115 Å². The van der Waals surface area contributed by atoms with E-state index < -0.39 is 0 Å². The van der Waals surface area contributed by atoms with E-state index in [2.05, 4.69) is 6.92 Å². The molecule has 0 atom stereocenters. The highest BCUT2D eigenvalue weighted by Crippen LogP contribution is 2.13. The van der Waals surface area contributed by atoms with E-state index >= 15 is 0 Å². The largest absolute Gasteiger partial charge is 0.497 e. The van der Waals surface area contributed by atoms with Gasteiger partial charge >= 0.3 is 0 Å². The summed E-state index contributed by atoms with van der Waals surface area (Å²) in [5, 5.41) is 0. The summed E-state index contributed by atoms with van der Waals surface area (Å²) in [6, 6.07) is 7.17. The molecule has 1 aromatic rings. The van der Waals surface area contributed by atoms with E-state index in [0.29, 0.717) is 17.9 Å². The van der Waals surface area contributed by atoms with Gasteiger partial charge in [0.2, 0.25) is 0 Å². The number of carbonyl (C=O) groups is 1. The summed E-state index contributed by atoms with van der Waals surface area (Å²) in [5.41, 5.74) is 0.644. The molecule has 0 aliphatic heterocycles. The Kier molecular flexibility index (Phi) is 7.91. The average Bonchev–Trinajstić information content (AvgIpc) is 2.46. The zero-order valence-corrected chi connectivity index (χ0v) is 12.0. The van der Waals surface area contributed by atoms with Gasteiger partial charge < -0.3 is 9.47 Å². The van der Waals surface area contributed by atoms with Gasteiger partial charge in [0, 0.05) is 12.2 Å². The first kappa shape index (κ1) is 15.7. The zero-order chi connectivity index (χ0) is 13.9. The first-order valence-corrected chi connectivity index (χ1v) is 7.03. The van der Waals surface area contributed by atoms with Gasteiger partial charge in [-0.3, -0.25) is 4.79 Å². The Morgan fingerprint density at radius 3 is 2.68 bits per heavy atom. The second-order valence-electron chi connectivity index (χ2n) is 4.62. The number of benzene rings is 1. The van der Waals surface area contributed by atoms with Gasteiger partial charge in [0.05, 0.1) is 7.11 Å². The molecule has 0 aliphatic rings. The van der Waals surface area contributed by atoms with E-state index in [1.54, 1.807) is 19.2 Å². The molecular formula is C16H24O3. The van der Waals surface area contributed by atoms with E-state index in [1.807, 2.05) is 12.1 Å². The van der Waals surface area contributed by atoms with Crippen LogP contribution in [0.3, 0.4) is 0 Å². The van der Waals surface area contributed by atoms with Crippen LogP contribution in [0.4, 0.5) is 0 Å². The lowest BCUT2D eigenvalue weighted by molar-refractivity contribution is 0.0752. The van der Waals surface area contributed by atoms with Crippen molar-refractivity contribution in [1.29, 1.82) is 0 Å². The third kappa shape index (κ3) is 6.39.